The minimum Gasteiger partial charge on any atom is -0.462 e. The van der Waals surface area contributed by atoms with Gasteiger partial charge in [-0.05, 0) is 25.1 Å². The Morgan fingerprint density at radius 1 is 1.25 bits per heavy atom. The van der Waals surface area contributed by atoms with Gasteiger partial charge in [0.2, 0.25) is 5.88 Å². The van der Waals surface area contributed by atoms with Crippen LogP contribution in [0.25, 0.3) is 0 Å². The van der Waals surface area contributed by atoms with Gasteiger partial charge in [-0.2, -0.15) is 0 Å². The summed E-state index contributed by atoms with van der Waals surface area (Å²) >= 11 is 0. The van der Waals surface area contributed by atoms with E-state index in [1.54, 1.807) is 6.92 Å². The fourth-order valence-corrected chi connectivity index (χ4v) is 1.44. The molecule has 0 unspecified atom stereocenters. The van der Waals surface area contributed by atoms with Gasteiger partial charge in [0, 0.05) is 18.3 Å². The molecule has 20 heavy (non-hydrogen) atoms. The first kappa shape index (κ1) is 13.9. The Hall–Kier alpha value is -2.50. The number of halogens is 2. The maximum Gasteiger partial charge on any atom is 0.339 e. The van der Waals surface area contributed by atoms with Crippen LogP contribution in [0.1, 0.15) is 17.3 Å². The third-order valence-electron chi connectivity index (χ3n) is 2.36. The molecule has 0 amide bonds. The van der Waals surface area contributed by atoms with Crippen molar-refractivity contribution in [2.24, 2.45) is 0 Å². The molecule has 1 heterocycles. The van der Waals surface area contributed by atoms with Crippen LogP contribution >= 0.6 is 0 Å². The predicted molar refractivity (Wildman–Crippen MR) is 66.6 cm³/mol. The van der Waals surface area contributed by atoms with Crippen molar-refractivity contribution >= 4 is 5.97 Å². The number of hydrogen-bond acceptors (Lipinski definition) is 4. The lowest BCUT2D eigenvalue weighted by atomic mass is 10.3. The Labute approximate surface area is 114 Å². The number of nitrogens with zero attached hydrogens (tertiary/aromatic N) is 1. The van der Waals surface area contributed by atoms with Crippen LogP contribution in [-0.2, 0) is 4.74 Å². The molecule has 2 aromatic rings. The first-order chi connectivity index (χ1) is 9.60. The van der Waals surface area contributed by atoms with Crippen LogP contribution in [0.15, 0.2) is 36.5 Å². The summed E-state index contributed by atoms with van der Waals surface area (Å²) < 4.78 is 36.2. The minimum absolute atomic E-state index is 0.0440. The lowest BCUT2D eigenvalue weighted by molar-refractivity contribution is 0.0526. The number of hydrogen-bond donors (Lipinski definition) is 0. The number of carbonyl (C=O) groups excluding carboxylic acids is 1. The van der Waals surface area contributed by atoms with E-state index in [0.717, 1.165) is 18.2 Å². The second-order valence-corrected chi connectivity index (χ2v) is 3.78. The van der Waals surface area contributed by atoms with E-state index in [9.17, 15) is 13.6 Å². The summed E-state index contributed by atoms with van der Waals surface area (Å²) in [7, 11) is 0. The quantitative estimate of drug-likeness (QED) is 0.805. The number of carbonyl (C=O) groups is 1. The fraction of sp³-hybridized carbons (Fsp3) is 0.143. The van der Waals surface area contributed by atoms with Gasteiger partial charge < -0.3 is 9.47 Å². The number of esters is 1. The van der Waals surface area contributed by atoms with E-state index in [2.05, 4.69) is 4.98 Å². The summed E-state index contributed by atoms with van der Waals surface area (Å²) in [5.41, 5.74) is 0.249. The van der Waals surface area contributed by atoms with Crippen LogP contribution in [0.4, 0.5) is 8.78 Å². The van der Waals surface area contributed by atoms with Crippen LogP contribution in [0.5, 0.6) is 11.6 Å². The largest absolute Gasteiger partial charge is 0.462 e. The highest BCUT2D eigenvalue weighted by Crippen LogP contribution is 2.23. The summed E-state index contributed by atoms with van der Waals surface area (Å²) in [5.74, 6) is -2.07. The van der Waals surface area contributed by atoms with Crippen molar-refractivity contribution in [1.82, 2.24) is 4.98 Å². The second-order valence-electron chi connectivity index (χ2n) is 3.78. The molecule has 0 fully saturated rings. The molecule has 0 spiro atoms. The van der Waals surface area contributed by atoms with Crippen LogP contribution in [0, 0.1) is 11.6 Å². The molecule has 0 atom stereocenters. The van der Waals surface area contributed by atoms with Crippen LogP contribution in [0.2, 0.25) is 0 Å². The number of aromatic nitrogens is 1. The van der Waals surface area contributed by atoms with Crippen molar-refractivity contribution in [2.45, 2.75) is 6.92 Å². The van der Waals surface area contributed by atoms with Gasteiger partial charge in [-0.25, -0.2) is 18.6 Å². The zero-order valence-electron chi connectivity index (χ0n) is 10.6. The highest BCUT2D eigenvalue weighted by Gasteiger charge is 2.10. The maximum atomic E-state index is 13.4. The molecule has 0 radical (unpaired) electrons. The van der Waals surface area contributed by atoms with Crippen molar-refractivity contribution in [3.63, 3.8) is 0 Å². The first-order valence-electron chi connectivity index (χ1n) is 5.86. The molecular weight excluding hydrogens is 268 g/mol. The van der Waals surface area contributed by atoms with Gasteiger partial charge in [-0.15, -0.1) is 0 Å². The zero-order valence-corrected chi connectivity index (χ0v) is 10.6. The highest BCUT2D eigenvalue weighted by atomic mass is 19.1. The van der Waals surface area contributed by atoms with Gasteiger partial charge in [-0.1, -0.05) is 0 Å². The molecule has 1 aromatic heterocycles. The van der Waals surface area contributed by atoms with Gasteiger partial charge in [0.05, 0.1) is 12.2 Å². The summed E-state index contributed by atoms with van der Waals surface area (Å²) in [6.45, 7) is 1.95. The smallest absolute Gasteiger partial charge is 0.339 e. The summed E-state index contributed by atoms with van der Waals surface area (Å²) in [4.78, 5) is 15.2. The number of pyridine rings is 1. The van der Waals surface area contributed by atoms with Crippen molar-refractivity contribution in [3.05, 3.63) is 53.7 Å². The Kier molecular flexibility index (Phi) is 4.24. The SMILES string of the molecule is CCOC(=O)c1ccc(Oc2cc(F)ccc2F)nc1. The first-order valence-corrected chi connectivity index (χ1v) is 5.86. The highest BCUT2D eigenvalue weighted by molar-refractivity contribution is 5.89. The monoisotopic (exact) mass is 279 g/mol. The lowest BCUT2D eigenvalue weighted by Gasteiger charge is -2.06. The molecule has 4 nitrogen and oxygen atoms in total. The van der Waals surface area contributed by atoms with Crippen molar-refractivity contribution in [1.29, 1.82) is 0 Å². The average molecular weight is 279 g/mol. The summed E-state index contributed by atoms with van der Waals surface area (Å²) in [5, 5.41) is 0. The number of rotatable bonds is 4. The van der Waals surface area contributed by atoms with E-state index in [1.165, 1.54) is 18.3 Å². The molecule has 0 aliphatic carbocycles. The Bertz CT molecular complexity index is 614. The van der Waals surface area contributed by atoms with E-state index >= 15 is 0 Å². The third-order valence-corrected chi connectivity index (χ3v) is 2.36. The fourth-order valence-electron chi connectivity index (χ4n) is 1.44. The third kappa shape index (κ3) is 3.28. The van der Waals surface area contributed by atoms with E-state index in [0.29, 0.717) is 0 Å². The molecule has 104 valence electrons. The van der Waals surface area contributed by atoms with Crippen LogP contribution < -0.4 is 4.74 Å². The molecule has 6 heteroatoms. The van der Waals surface area contributed by atoms with Crippen molar-refractivity contribution < 1.29 is 23.0 Å². The molecule has 1 aromatic carbocycles. The molecule has 0 aliphatic rings. The number of benzene rings is 1. The zero-order chi connectivity index (χ0) is 14.5. The van der Waals surface area contributed by atoms with Crippen LogP contribution in [0.3, 0.4) is 0 Å². The van der Waals surface area contributed by atoms with Crippen LogP contribution in [-0.4, -0.2) is 17.6 Å². The summed E-state index contributed by atoms with van der Waals surface area (Å²) in [6.07, 6.45) is 1.24. The Morgan fingerprint density at radius 3 is 2.70 bits per heavy atom. The second kappa shape index (κ2) is 6.10. The van der Waals surface area contributed by atoms with Crippen molar-refractivity contribution in [2.75, 3.05) is 6.61 Å². The average Bonchev–Trinajstić information content (AvgIpc) is 2.44. The molecule has 0 aliphatic heterocycles. The molecular formula is C14H11F2NO3. The van der Waals surface area contributed by atoms with Gasteiger partial charge in [0.1, 0.15) is 5.82 Å². The molecule has 2 rings (SSSR count). The van der Waals surface area contributed by atoms with Gasteiger partial charge in [0.15, 0.2) is 11.6 Å². The Balaban J connectivity index is 2.14. The molecule has 0 saturated carbocycles. The van der Waals surface area contributed by atoms with E-state index < -0.39 is 17.6 Å². The predicted octanol–water partition coefficient (Wildman–Crippen LogP) is 3.33. The van der Waals surface area contributed by atoms with Gasteiger partial charge in [0.25, 0.3) is 0 Å². The van der Waals surface area contributed by atoms with E-state index in [-0.39, 0.29) is 23.8 Å². The minimum atomic E-state index is -0.706. The topological polar surface area (TPSA) is 48.4 Å². The molecule has 0 saturated heterocycles. The lowest BCUT2D eigenvalue weighted by Crippen LogP contribution is -2.05. The normalized spacial score (nSPS) is 10.2. The van der Waals surface area contributed by atoms with Crippen molar-refractivity contribution in [3.8, 4) is 11.6 Å². The molecule has 0 N–H and O–H groups in total. The summed E-state index contributed by atoms with van der Waals surface area (Å²) in [6, 6.07) is 5.65. The van der Waals surface area contributed by atoms with Gasteiger partial charge >= 0.3 is 5.97 Å². The maximum absolute atomic E-state index is 13.4. The van der Waals surface area contributed by atoms with E-state index in [1.807, 2.05) is 0 Å². The van der Waals surface area contributed by atoms with Gasteiger partial charge in [-0.3, -0.25) is 0 Å². The molecule has 0 bridgehead atoms. The Morgan fingerprint density at radius 2 is 2.05 bits per heavy atom. The standard InChI is InChI=1S/C14H11F2NO3/c1-2-19-14(18)9-3-6-13(17-8-9)20-12-7-10(15)4-5-11(12)16/h3-8H,2H2,1H3. The number of ether oxygens (including phenoxy) is 2. The van der Waals surface area contributed by atoms with E-state index in [4.69, 9.17) is 9.47 Å².